The molecule has 0 spiro atoms. The van der Waals surface area contributed by atoms with Gasteiger partial charge in [-0.15, -0.1) is 0 Å². The molecule has 2 rings (SSSR count). The van der Waals surface area contributed by atoms with Crippen LogP contribution >= 0.6 is 0 Å². The SMILES string of the molecule is CNc1nc(C)nc(Nc2ccc(C(F)(F)F)cc2)c1C. The molecule has 0 aliphatic heterocycles. The Labute approximate surface area is 120 Å². The van der Waals surface area contributed by atoms with Gasteiger partial charge in [0, 0.05) is 18.3 Å². The lowest BCUT2D eigenvalue weighted by molar-refractivity contribution is -0.137. The molecule has 0 aliphatic carbocycles. The number of rotatable bonds is 3. The molecule has 0 aliphatic rings. The van der Waals surface area contributed by atoms with Crippen LogP contribution in [0.5, 0.6) is 0 Å². The summed E-state index contributed by atoms with van der Waals surface area (Å²) in [5, 5.41) is 5.96. The second-order valence-corrected chi connectivity index (χ2v) is 4.54. The van der Waals surface area contributed by atoms with Crippen molar-refractivity contribution >= 4 is 17.3 Å². The van der Waals surface area contributed by atoms with Crippen molar-refractivity contribution in [1.82, 2.24) is 9.97 Å². The summed E-state index contributed by atoms with van der Waals surface area (Å²) in [5.41, 5.74) is 0.647. The molecule has 0 radical (unpaired) electrons. The first-order valence-electron chi connectivity index (χ1n) is 6.28. The van der Waals surface area contributed by atoms with Gasteiger partial charge in [0.25, 0.3) is 0 Å². The first kappa shape index (κ1) is 15.1. The number of nitrogens with zero attached hydrogens (tertiary/aromatic N) is 2. The third kappa shape index (κ3) is 3.42. The summed E-state index contributed by atoms with van der Waals surface area (Å²) < 4.78 is 37.5. The van der Waals surface area contributed by atoms with Gasteiger partial charge in [-0.2, -0.15) is 13.2 Å². The Morgan fingerprint density at radius 3 is 2.05 bits per heavy atom. The number of aromatic nitrogens is 2. The zero-order valence-electron chi connectivity index (χ0n) is 11.8. The van der Waals surface area contributed by atoms with Gasteiger partial charge in [0.2, 0.25) is 0 Å². The molecule has 0 fully saturated rings. The van der Waals surface area contributed by atoms with E-state index < -0.39 is 11.7 Å². The summed E-state index contributed by atoms with van der Waals surface area (Å²) in [6.45, 7) is 3.58. The molecule has 0 saturated carbocycles. The minimum atomic E-state index is -4.33. The number of aryl methyl sites for hydroxylation is 1. The van der Waals surface area contributed by atoms with Crippen LogP contribution in [0, 0.1) is 13.8 Å². The maximum atomic E-state index is 12.5. The van der Waals surface area contributed by atoms with E-state index in [-0.39, 0.29) is 0 Å². The van der Waals surface area contributed by atoms with Gasteiger partial charge in [-0.05, 0) is 38.1 Å². The van der Waals surface area contributed by atoms with Gasteiger partial charge < -0.3 is 10.6 Å². The number of nitrogens with one attached hydrogen (secondary N) is 2. The van der Waals surface area contributed by atoms with Crippen LogP contribution in [0.15, 0.2) is 24.3 Å². The summed E-state index contributed by atoms with van der Waals surface area (Å²) in [5.74, 6) is 1.81. The molecule has 1 heterocycles. The number of anilines is 3. The highest BCUT2D eigenvalue weighted by molar-refractivity contribution is 5.64. The van der Waals surface area contributed by atoms with E-state index in [9.17, 15) is 13.2 Å². The molecule has 21 heavy (non-hydrogen) atoms. The van der Waals surface area contributed by atoms with E-state index >= 15 is 0 Å². The van der Waals surface area contributed by atoms with Crippen LogP contribution in [-0.4, -0.2) is 17.0 Å². The molecule has 1 aromatic carbocycles. The minimum Gasteiger partial charge on any atom is -0.373 e. The van der Waals surface area contributed by atoms with Crippen LogP contribution in [0.1, 0.15) is 17.0 Å². The van der Waals surface area contributed by atoms with E-state index in [1.165, 1.54) is 12.1 Å². The van der Waals surface area contributed by atoms with Gasteiger partial charge in [0.1, 0.15) is 17.5 Å². The maximum Gasteiger partial charge on any atom is 0.416 e. The van der Waals surface area contributed by atoms with Crippen molar-refractivity contribution in [1.29, 1.82) is 0 Å². The van der Waals surface area contributed by atoms with Crippen molar-refractivity contribution in [2.45, 2.75) is 20.0 Å². The highest BCUT2D eigenvalue weighted by Crippen LogP contribution is 2.30. The quantitative estimate of drug-likeness (QED) is 0.902. The van der Waals surface area contributed by atoms with Crippen LogP contribution in [-0.2, 0) is 6.18 Å². The average Bonchev–Trinajstić information content (AvgIpc) is 2.42. The predicted octanol–water partition coefficient (Wildman–Crippen LogP) is 3.90. The predicted molar refractivity (Wildman–Crippen MR) is 75.8 cm³/mol. The topological polar surface area (TPSA) is 49.8 Å². The van der Waals surface area contributed by atoms with Gasteiger partial charge in [0.05, 0.1) is 5.56 Å². The van der Waals surface area contributed by atoms with E-state index in [0.29, 0.717) is 23.1 Å². The van der Waals surface area contributed by atoms with Gasteiger partial charge in [-0.3, -0.25) is 0 Å². The van der Waals surface area contributed by atoms with Gasteiger partial charge in [0.15, 0.2) is 0 Å². The second-order valence-electron chi connectivity index (χ2n) is 4.54. The normalized spacial score (nSPS) is 11.3. The number of benzene rings is 1. The average molecular weight is 296 g/mol. The summed E-state index contributed by atoms with van der Waals surface area (Å²) >= 11 is 0. The third-order valence-corrected chi connectivity index (χ3v) is 2.97. The minimum absolute atomic E-state index is 0.534. The van der Waals surface area contributed by atoms with Crippen LogP contribution in [0.4, 0.5) is 30.5 Å². The third-order valence-electron chi connectivity index (χ3n) is 2.97. The van der Waals surface area contributed by atoms with Crippen LogP contribution in [0.3, 0.4) is 0 Å². The van der Waals surface area contributed by atoms with Crippen molar-refractivity contribution in [2.24, 2.45) is 0 Å². The van der Waals surface area contributed by atoms with Gasteiger partial charge >= 0.3 is 6.18 Å². The van der Waals surface area contributed by atoms with Crippen LogP contribution in [0.25, 0.3) is 0 Å². The van der Waals surface area contributed by atoms with E-state index in [2.05, 4.69) is 20.6 Å². The molecule has 4 nitrogen and oxygen atoms in total. The maximum absolute atomic E-state index is 12.5. The zero-order valence-corrected chi connectivity index (χ0v) is 11.8. The van der Waals surface area contributed by atoms with Crippen molar-refractivity contribution in [3.05, 3.63) is 41.2 Å². The van der Waals surface area contributed by atoms with Crippen molar-refractivity contribution < 1.29 is 13.2 Å². The van der Waals surface area contributed by atoms with E-state index in [1.807, 2.05) is 6.92 Å². The molecule has 0 bridgehead atoms. The summed E-state index contributed by atoms with van der Waals surface area (Å²) in [7, 11) is 1.75. The van der Waals surface area contributed by atoms with Crippen LogP contribution < -0.4 is 10.6 Å². The Balaban J connectivity index is 2.28. The van der Waals surface area contributed by atoms with Crippen molar-refractivity contribution in [2.75, 3.05) is 17.7 Å². The highest BCUT2D eigenvalue weighted by Gasteiger charge is 2.29. The Hall–Kier alpha value is -2.31. The lowest BCUT2D eigenvalue weighted by Crippen LogP contribution is -2.06. The van der Waals surface area contributed by atoms with Gasteiger partial charge in [-0.1, -0.05) is 0 Å². The monoisotopic (exact) mass is 296 g/mol. The Morgan fingerprint density at radius 1 is 0.952 bits per heavy atom. The molecule has 0 amide bonds. The molecule has 2 N–H and O–H groups in total. The number of hydrogen-bond acceptors (Lipinski definition) is 4. The second kappa shape index (κ2) is 5.59. The molecule has 0 saturated heterocycles. The molecule has 1 aromatic heterocycles. The highest BCUT2D eigenvalue weighted by atomic mass is 19.4. The first-order valence-corrected chi connectivity index (χ1v) is 6.28. The van der Waals surface area contributed by atoms with Crippen LogP contribution in [0.2, 0.25) is 0 Å². The molecular formula is C14H15F3N4. The van der Waals surface area contributed by atoms with E-state index in [1.54, 1.807) is 14.0 Å². The van der Waals surface area contributed by atoms with Gasteiger partial charge in [-0.25, -0.2) is 9.97 Å². The molecule has 7 heteroatoms. The largest absolute Gasteiger partial charge is 0.416 e. The van der Waals surface area contributed by atoms with Crippen molar-refractivity contribution in [3.8, 4) is 0 Å². The molecule has 112 valence electrons. The first-order chi connectivity index (χ1) is 9.81. The molecule has 0 atom stereocenters. The lowest BCUT2D eigenvalue weighted by atomic mass is 10.2. The Kier molecular flexibility index (Phi) is 4.02. The number of halogens is 3. The number of alkyl halides is 3. The fraction of sp³-hybridized carbons (Fsp3) is 0.286. The Bertz CT molecular complexity index is 636. The van der Waals surface area contributed by atoms with Crippen molar-refractivity contribution in [3.63, 3.8) is 0 Å². The summed E-state index contributed by atoms with van der Waals surface area (Å²) in [6.07, 6.45) is -4.33. The lowest BCUT2D eigenvalue weighted by Gasteiger charge is -2.13. The number of hydrogen-bond donors (Lipinski definition) is 2. The molecular weight excluding hydrogens is 281 g/mol. The summed E-state index contributed by atoms with van der Waals surface area (Å²) in [4.78, 5) is 8.49. The fourth-order valence-electron chi connectivity index (χ4n) is 1.87. The van der Waals surface area contributed by atoms with E-state index in [4.69, 9.17) is 0 Å². The zero-order chi connectivity index (χ0) is 15.6. The smallest absolute Gasteiger partial charge is 0.373 e. The van der Waals surface area contributed by atoms with E-state index in [0.717, 1.165) is 17.7 Å². The summed E-state index contributed by atoms with van der Waals surface area (Å²) in [6, 6.07) is 4.81. The molecule has 0 unspecified atom stereocenters. The standard InChI is InChI=1S/C14H15F3N4/c1-8-12(18-3)19-9(2)20-13(8)21-11-6-4-10(5-7-11)14(15,16)17/h4-7H,1-3H3,(H2,18,19,20,21). The molecule has 2 aromatic rings. The Morgan fingerprint density at radius 2 is 1.52 bits per heavy atom. The fourth-order valence-corrected chi connectivity index (χ4v) is 1.87.